The third kappa shape index (κ3) is 4.15. The molecule has 0 atom stereocenters. The summed E-state index contributed by atoms with van der Waals surface area (Å²) in [7, 11) is 0. The molecule has 3 rings (SSSR count). The van der Waals surface area contributed by atoms with Gasteiger partial charge in [0.05, 0.1) is 17.7 Å². The Morgan fingerprint density at radius 2 is 1.60 bits per heavy atom. The monoisotopic (exact) mass is 333 g/mol. The molecule has 0 spiro atoms. The summed E-state index contributed by atoms with van der Waals surface area (Å²) in [6, 6.07) is 20.5. The van der Waals surface area contributed by atoms with E-state index in [9.17, 15) is 4.79 Å². The van der Waals surface area contributed by atoms with Gasteiger partial charge in [-0.15, -0.1) is 0 Å². The molecule has 1 heterocycles. The minimum absolute atomic E-state index is 0.0592. The number of imidazole rings is 1. The minimum Gasteiger partial charge on any atom is -0.354 e. The van der Waals surface area contributed by atoms with Gasteiger partial charge in [0.25, 0.3) is 0 Å². The smallest absolute Gasteiger partial charge is 0.221 e. The van der Waals surface area contributed by atoms with Crippen molar-refractivity contribution in [1.82, 2.24) is 14.9 Å². The summed E-state index contributed by atoms with van der Waals surface area (Å²) in [6.45, 7) is 4.54. The molecular formula is C21H23N3O. The summed E-state index contributed by atoms with van der Waals surface area (Å²) >= 11 is 0. The van der Waals surface area contributed by atoms with E-state index in [1.807, 2.05) is 56.6 Å². The molecule has 0 unspecified atom stereocenters. The number of aromatic nitrogens is 2. The molecule has 0 saturated carbocycles. The Labute approximate surface area is 148 Å². The summed E-state index contributed by atoms with van der Waals surface area (Å²) in [4.78, 5) is 16.6. The summed E-state index contributed by atoms with van der Waals surface area (Å²) in [6.07, 6.45) is 2.26. The van der Waals surface area contributed by atoms with Crippen LogP contribution in [0.1, 0.15) is 20.3 Å². The fraction of sp³-hybridized carbons (Fsp3) is 0.238. The molecule has 4 nitrogen and oxygen atoms in total. The molecule has 128 valence electrons. The Bertz CT molecular complexity index is 823. The lowest BCUT2D eigenvalue weighted by atomic mass is 10.0. The molecule has 3 aromatic rings. The van der Waals surface area contributed by atoms with E-state index in [4.69, 9.17) is 0 Å². The number of carbonyl (C=O) groups is 1. The highest BCUT2D eigenvalue weighted by Crippen LogP contribution is 2.31. The van der Waals surface area contributed by atoms with Gasteiger partial charge < -0.3 is 9.88 Å². The second kappa shape index (κ2) is 7.79. The Morgan fingerprint density at radius 1 is 1.00 bits per heavy atom. The topological polar surface area (TPSA) is 46.9 Å². The van der Waals surface area contributed by atoms with Crippen molar-refractivity contribution >= 4 is 5.91 Å². The standard InChI is InChI=1S/C21H23N3O/c1-16(2)23-19(25)13-14-24-15-22-20(17-9-5-3-6-10-17)21(24)18-11-7-4-8-12-18/h3-12,15-16H,13-14H2,1-2H3,(H,23,25). The highest BCUT2D eigenvalue weighted by atomic mass is 16.1. The highest BCUT2D eigenvalue weighted by Gasteiger charge is 2.15. The third-order valence-electron chi connectivity index (χ3n) is 3.96. The van der Waals surface area contributed by atoms with E-state index in [0.717, 1.165) is 22.5 Å². The molecule has 4 heteroatoms. The van der Waals surface area contributed by atoms with Gasteiger partial charge in [0.1, 0.15) is 0 Å². The number of hydrogen-bond acceptors (Lipinski definition) is 2. The van der Waals surface area contributed by atoms with Crippen LogP contribution >= 0.6 is 0 Å². The van der Waals surface area contributed by atoms with Crippen molar-refractivity contribution in [3.63, 3.8) is 0 Å². The average Bonchev–Trinajstić information content (AvgIpc) is 3.05. The predicted molar refractivity (Wildman–Crippen MR) is 101 cm³/mol. The minimum atomic E-state index is 0.0592. The maximum absolute atomic E-state index is 12.0. The fourth-order valence-electron chi connectivity index (χ4n) is 2.87. The first kappa shape index (κ1) is 17.0. The summed E-state index contributed by atoms with van der Waals surface area (Å²) in [5, 5.41) is 2.94. The van der Waals surface area contributed by atoms with Crippen molar-refractivity contribution in [2.75, 3.05) is 0 Å². The van der Waals surface area contributed by atoms with Crippen LogP contribution in [0.15, 0.2) is 67.0 Å². The van der Waals surface area contributed by atoms with E-state index in [2.05, 4.69) is 39.1 Å². The summed E-state index contributed by atoms with van der Waals surface area (Å²) in [5.74, 6) is 0.0592. The molecule has 1 N–H and O–H groups in total. The molecule has 1 amide bonds. The van der Waals surface area contributed by atoms with Gasteiger partial charge in [0, 0.05) is 30.1 Å². The highest BCUT2D eigenvalue weighted by molar-refractivity contribution is 5.79. The van der Waals surface area contributed by atoms with Crippen LogP contribution in [-0.4, -0.2) is 21.5 Å². The van der Waals surface area contributed by atoms with Gasteiger partial charge in [-0.25, -0.2) is 4.98 Å². The van der Waals surface area contributed by atoms with E-state index >= 15 is 0 Å². The lowest BCUT2D eigenvalue weighted by molar-refractivity contribution is -0.121. The Morgan fingerprint density at radius 3 is 2.20 bits per heavy atom. The van der Waals surface area contributed by atoms with Crippen LogP contribution in [0, 0.1) is 0 Å². The van der Waals surface area contributed by atoms with Crippen LogP contribution in [0.2, 0.25) is 0 Å². The summed E-state index contributed by atoms with van der Waals surface area (Å²) in [5.41, 5.74) is 4.16. The van der Waals surface area contributed by atoms with Crippen LogP contribution in [0.25, 0.3) is 22.5 Å². The van der Waals surface area contributed by atoms with Crippen molar-refractivity contribution in [1.29, 1.82) is 0 Å². The quantitative estimate of drug-likeness (QED) is 0.737. The Balaban J connectivity index is 1.94. The lowest BCUT2D eigenvalue weighted by Gasteiger charge is -2.12. The second-order valence-corrected chi connectivity index (χ2v) is 6.34. The van der Waals surface area contributed by atoms with E-state index < -0.39 is 0 Å². The Kier molecular flexibility index (Phi) is 5.29. The normalized spacial score (nSPS) is 10.8. The molecule has 0 saturated heterocycles. The van der Waals surface area contributed by atoms with Crippen molar-refractivity contribution in [3.05, 3.63) is 67.0 Å². The van der Waals surface area contributed by atoms with Crippen LogP contribution in [0.4, 0.5) is 0 Å². The predicted octanol–water partition coefficient (Wildman–Crippen LogP) is 4.13. The number of amides is 1. The van der Waals surface area contributed by atoms with Gasteiger partial charge >= 0.3 is 0 Å². The largest absolute Gasteiger partial charge is 0.354 e. The van der Waals surface area contributed by atoms with Crippen LogP contribution < -0.4 is 5.32 Å². The van der Waals surface area contributed by atoms with E-state index in [-0.39, 0.29) is 11.9 Å². The third-order valence-corrected chi connectivity index (χ3v) is 3.96. The molecule has 0 radical (unpaired) electrons. The first-order chi connectivity index (χ1) is 12.1. The van der Waals surface area contributed by atoms with Crippen LogP contribution in [0.3, 0.4) is 0 Å². The zero-order valence-electron chi connectivity index (χ0n) is 14.6. The van der Waals surface area contributed by atoms with Crippen molar-refractivity contribution < 1.29 is 4.79 Å². The maximum atomic E-state index is 12.0. The molecule has 0 bridgehead atoms. The molecular weight excluding hydrogens is 310 g/mol. The number of carbonyl (C=O) groups excluding carboxylic acids is 1. The van der Waals surface area contributed by atoms with Gasteiger partial charge in [0.2, 0.25) is 5.91 Å². The van der Waals surface area contributed by atoms with E-state index in [1.54, 1.807) is 0 Å². The van der Waals surface area contributed by atoms with Gasteiger partial charge in [0.15, 0.2) is 0 Å². The number of rotatable bonds is 6. The average molecular weight is 333 g/mol. The molecule has 25 heavy (non-hydrogen) atoms. The van der Waals surface area contributed by atoms with Crippen molar-refractivity contribution in [2.24, 2.45) is 0 Å². The first-order valence-electron chi connectivity index (χ1n) is 8.60. The van der Waals surface area contributed by atoms with Gasteiger partial charge in [-0.2, -0.15) is 0 Å². The SMILES string of the molecule is CC(C)NC(=O)CCn1cnc(-c2ccccc2)c1-c1ccccc1. The molecule has 1 aromatic heterocycles. The van der Waals surface area contributed by atoms with E-state index in [0.29, 0.717) is 13.0 Å². The molecule has 0 aliphatic carbocycles. The molecule has 0 fully saturated rings. The zero-order valence-corrected chi connectivity index (χ0v) is 14.6. The van der Waals surface area contributed by atoms with Crippen molar-refractivity contribution in [2.45, 2.75) is 32.9 Å². The van der Waals surface area contributed by atoms with E-state index in [1.165, 1.54) is 0 Å². The summed E-state index contributed by atoms with van der Waals surface area (Å²) < 4.78 is 2.07. The number of hydrogen-bond donors (Lipinski definition) is 1. The molecule has 0 aliphatic heterocycles. The van der Waals surface area contributed by atoms with Crippen LogP contribution in [0.5, 0.6) is 0 Å². The number of aryl methyl sites for hydroxylation is 1. The zero-order chi connectivity index (χ0) is 17.6. The number of nitrogens with zero attached hydrogens (tertiary/aromatic N) is 2. The van der Waals surface area contributed by atoms with Gasteiger partial charge in [-0.3, -0.25) is 4.79 Å². The number of nitrogens with one attached hydrogen (secondary N) is 1. The maximum Gasteiger partial charge on any atom is 0.221 e. The number of benzene rings is 2. The van der Waals surface area contributed by atoms with Crippen molar-refractivity contribution in [3.8, 4) is 22.5 Å². The van der Waals surface area contributed by atoms with Gasteiger partial charge in [-0.1, -0.05) is 60.7 Å². The molecule has 0 aliphatic rings. The lowest BCUT2D eigenvalue weighted by Crippen LogP contribution is -2.30. The molecule has 2 aromatic carbocycles. The van der Waals surface area contributed by atoms with Gasteiger partial charge in [-0.05, 0) is 13.8 Å². The fourth-order valence-corrected chi connectivity index (χ4v) is 2.87. The second-order valence-electron chi connectivity index (χ2n) is 6.34. The first-order valence-corrected chi connectivity index (χ1v) is 8.60. The van der Waals surface area contributed by atoms with Crippen LogP contribution in [-0.2, 0) is 11.3 Å². The Hall–Kier alpha value is -2.88.